The number of carbonyl (C=O) groups is 3. The Labute approximate surface area is 272 Å². The zero-order chi connectivity index (χ0) is 35.3. The van der Waals surface area contributed by atoms with Gasteiger partial charge in [-0.3, -0.25) is 4.79 Å². The van der Waals surface area contributed by atoms with Gasteiger partial charge in [0, 0.05) is 23.0 Å². The number of nitrogens with one attached hydrogen (secondary N) is 2. The van der Waals surface area contributed by atoms with Gasteiger partial charge in [-0.2, -0.15) is 17.6 Å². The molecule has 0 fully saturated rings. The highest BCUT2D eigenvalue weighted by atomic mass is 32.2. The number of aromatic nitrogens is 2. The number of nitrogens with two attached hydrogens (primary N) is 1. The molecule has 5 N–H and O–H groups in total. The fourth-order valence-corrected chi connectivity index (χ4v) is 6.53. The molecule has 0 aliphatic heterocycles. The number of carboxylic acid groups (broad SMARTS) is 1. The number of nitrogens with zero attached hydrogens (tertiary/aromatic N) is 3. The zero-order valence-corrected chi connectivity index (χ0v) is 27.2. The summed E-state index contributed by atoms with van der Waals surface area (Å²) < 4.78 is 63.0. The lowest BCUT2D eigenvalue weighted by Gasteiger charge is -2.29. The van der Waals surface area contributed by atoms with Crippen molar-refractivity contribution in [3.63, 3.8) is 0 Å². The van der Waals surface area contributed by atoms with Crippen LogP contribution in [0.25, 0.3) is 4.96 Å². The third-order valence-electron chi connectivity index (χ3n) is 6.42. The Hall–Kier alpha value is -4.68. The van der Waals surface area contributed by atoms with E-state index in [1.165, 1.54) is 41.3 Å². The maximum atomic E-state index is 13.7. The number of imidazole rings is 1. The molecule has 0 bridgehead atoms. The number of carboxylic acids is 1. The zero-order valence-electron chi connectivity index (χ0n) is 25.6. The molecule has 47 heavy (non-hydrogen) atoms. The van der Waals surface area contributed by atoms with Crippen molar-refractivity contribution < 1.29 is 50.8 Å². The monoisotopic (exact) mass is 698 g/mol. The van der Waals surface area contributed by atoms with E-state index < -0.39 is 40.1 Å². The summed E-state index contributed by atoms with van der Waals surface area (Å²) >= 11 is 1.60. The predicted molar refractivity (Wildman–Crippen MR) is 164 cm³/mol. The topological polar surface area (TPSA) is 190 Å². The van der Waals surface area contributed by atoms with Gasteiger partial charge in [0.2, 0.25) is 15.9 Å². The van der Waals surface area contributed by atoms with E-state index in [1.807, 2.05) is 35.3 Å². The molecule has 4 rings (SSSR count). The van der Waals surface area contributed by atoms with Crippen molar-refractivity contribution in [2.45, 2.75) is 56.9 Å². The molecule has 2 aromatic heterocycles. The predicted octanol–water partition coefficient (Wildman–Crippen LogP) is 1.96. The molecule has 0 radical (unpaired) electrons. The van der Waals surface area contributed by atoms with Gasteiger partial charge in [-0.25, -0.2) is 22.5 Å². The molecular formula is C29H33F3N6O7S2. The average Bonchev–Trinajstić information content (AvgIpc) is 3.48. The van der Waals surface area contributed by atoms with Crippen LogP contribution in [0.1, 0.15) is 30.0 Å². The number of carbonyl (C=O) groups excluding carboxylic acids is 3. The number of aliphatic carboxylic acids is 1. The largest absolute Gasteiger partial charge is 0.542 e. The average molecular weight is 699 g/mol. The maximum Gasteiger partial charge on any atom is 0.430 e. The van der Waals surface area contributed by atoms with Crippen molar-refractivity contribution >= 4 is 49.9 Å². The number of aromatic hydroxyl groups is 1. The Balaban J connectivity index is 0.000000771. The highest BCUT2D eigenvalue weighted by Gasteiger charge is 2.32. The first-order valence-electron chi connectivity index (χ1n) is 13.8. The van der Waals surface area contributed by atoms with Gasteiger partial charge in [0.1, 0.15) is 30.2 Å². The Bertz CT molecular complexity index is 1840. The molecule has 1 atom stereocenters. The smallest absolute Gasteiger partial charge is 0.430 e. The van der Waals surface area contributed by atoms with E-state index in [0.29, 0.717) is 11.3 Å². The molecule has 0 saturated heterocycles. The van der Waals surface area contributed by atoms with Crippen molar-refractivity contribution in [3.8, 4) is 5.75 Å². The Morgan fingerprint density at radius 3 is 2.19 bits per heavy atom. The third-order valence-corrected chi connectivity index (χ3v) is 9.19. The molecule has 0 saturated carbocycles. The van der Waals surface area contributed by atoms with Gasteiger partial charge in [-0.1, -0.05) is 23.5 Å². The SMILES string of the molecule is Cc1cn2c(CN(C(=O)Nc3ccc(S(=O)(=O)NC(C)C)cc3)[C@@H](Cc3ccc(O)cc3)C(N)=O)c[n+](C)c2s1.O=C([O-])C(F)(F)F. The van der Waals surface area contributed by atoms with Gasteiger partial charge in [0.25, 0.3) is 0 Å². The van der Waals surface area contributed by atoms with Gasteiger partial charge in [-0.05, 0) is 62.7 Å². The number of primary amides is 1. The van der Waals surface area contributed by atoms with Crippen LogP contribution in [-0.4, -0.2) is 59.0 Å². The number of sulfonamides is 1. The second kappa shape index (κ2) is 14.8. The number of hydrogen-bond acceptors (Lipinski definition) is 8. The summed E-state index contributed by atoms with van der Waals surface area (Å²) in [5.41, 5.74) is 7.67. The van der Waals surface area contributed by atoms with E-state index in [0.717, 1.165) is 15.5 Å². The van der Waals surface area contributed by atoms with Crippen LogP contribution in [-0.2, 0) is 39.6 Å². The molecule has 254 valence electrons. The lowest BCUT2D eigenvalue weighted by Crippen LogP contribution is -2.50. The van der Waals surface area contributed by atoms with E-state index in [2.05, 4.69) is 10.0 Å². The number of fused-ring (bicyclic) bond motifs is 1. The first-order valence-corrected chi connectivity index (χ1v) is 16.1. The van der Waals surface area contributed by atoms with Crippen LogP contribution in [0.3, 0.4) is 0 Å². The second-order valence-electron chi connectivity index (χ2n) is 10.7. The van der Waals surface area contributed by atoms with Crippen LogP contribution in [0.4, 0.5) is 23.7 Å². The number of amides is 3. The van der Waals surface area contributed by atoms with Crippen LogP contribution in [0.15, 0.2) is 65.8 Å². The van der Waals surface area contributed by atoms with Crippen LogP contribution >= 0.6 is 11.3 Å². The van der Waals surface area contributed by atoms with Crippen molar-refractivity contribution in [1.29, 1.82) is 0 Å². The van der Waals surface area contributed by atoms with Crippen molar-refractivity contribution in [2.75, 3.05) is 5.32 Å². The van der Waals surface area contributed by atoms with Crippen molar-refractivity contribution in [1.82, 2.24) is 14.0 Å². The first-order chi connectivity index (χ1) is 21.8. The van der Waals surface area contributed by atoms with E-state index in [-0.39, 0.29) is 29.7 Å². The molecule has 0 aliphatic rings. The number of anilines is 1. The molecule has 4 aromatic rings. The normalized spacial score (nSPS) is 12.3. The number of hydrogen-bond donors (Lipinski definition) is 4. The van der Waals surface area contributed by atoms with E-state index in [4.69, 9.17) is 15.6 Å². The fraction of sp³-hybridized carbons (Fsp3) is 0.310. The third kappa shape index (κ3) is 9.90. The lowest BCUT2D eigenvalue weighted by atomic mass is 10.0. The summed E-state index contributed by atoms with van der Waals surface area (Å²) in [4.78, 5) is 38.7. The first kappa shape index (κ1) is 36.8. The van der Waals surface area contributed by atoms with Crippen LogP contribution in [0, 0.1) is 6.92 Å². The molecule has 0 spiro atoms. The summed E-state index contributed by atoms with van der Waals surface area (Å²) in [7, 11) is -1.79. The highest BCUT2D eigenvalue weighted by molar-refractivity contribution is 7.89. The lowest BCUT2D eigenvalue weighted by molar-refractivity contribution is -0.642. The minimum absolute atomic E-state index is 0.0642. The summed E-state index contributed by atoms with van der Waals surface area (Å²) in [5.74, 6) is -3.62. The summed E-state index contributed by atoms with van der Waals surface area (Å²) in [6.45, 7) is 5.51. The second-order valence-corrected chi connectivity index (χ2v) is 13.6. The van der Waals surface area contributed by atoms with Gasteiger partial charge in [0.15, 0.2) is 5.69 Å². The standard InChI is InChI=1S/C27H32N6O5S2.C2HF3O2/c1-17(2)30-40(37,38)23-11-7-20(8-12-23)29-26(36)33(16-21-15-31(4)27-32(21)14-18(3)39-27)24(25(28)35)13-19-5-9-22(34)10-6-19;3-2(4,5)1(6)7/h5-12,14-15,17,24,30H,13,16H2,1-4H3,(H3-,28,29,34,35,36);(H,6,7)/t24-;/m0./s1. The Morgan fingerprint density at radius 1 is 1.11 bits per heavy atom. The van der Waals surface area contributed by atoms with E-state index in [1.54, 1.807) is 37.3 Å². The van der Waals surface area contributed by atoms with Crippen molar-refractivity contribution in [2.24, 2.45) is 12.8 Å². The number of phenols is 1. The number of urea groups is 1. The quantitative estimate of drug-likeness (QED) is 0.182. The Kier molecular flexibility index (Phi) is 11.6. The summed E-state index contributed by atoms with van der Waals surface area (Å²) in [5, 5.41) is 21.2. The van der Waals surface area contributed by atoms with Crippen LogP contribution < -0.4 is 25.4 Å². The van der Waals surface area contributed by atoms with Crippen LogP contribution in [0.5, 0.6) is 5.75 Å². The minimum atomic E-state index is -5.19. The molecule has 2 aromatic carbocycles. The van der Waals surface area contributed by atoms with E-state index >= 15 is 0 Å². The van der Waals surface area contributed by atoms with Gasteiger partial charge < -0.3 is 31.0 Å². The molecular weight excluding hydrogens is 665 g/mol. The molecule has 18 heteroatoms. The summed E-state index contributed by atoms with van der Waals surface area (Å²) in [6.07, 6.45) is -1.20. The Morgan fingerprint density at radius 2 is 1.68 bits per heavy atom. The molecule has 13 nitrogen and oxygen atoms in total. The van der Waals surface area contributed by atoms with Crippen LogP contribution in [0.2, 0.25) is 0 Å². The highest BCUT2D eigenvalue weighted by Crippen LogP contribution is 2.22. The summed E-state index contributed by atoms with van der Waals surface area (Å²) in [6, 6.07) is 10.3. The molecule has 0 unspecified atom stereocenters. The van der Waals surface area contributed by atoms with E-state index in [9.17, 15) is 36.3 Å². The molecule has 0 aliphatic carbocycles. The molecule has 3 amide bonds. The number of benzene rings is 2. The van der Waals surface area contributed by atoms with Gasteiger partial charge in [-0.15, -0.1) is 0 Å². The van der Waals surface area contributed by atoms with Gasteiger partial charge in [0.05, 0.1) is 18.5 Å². The number of thiazole rings is 1. The molecule has 2 heterocycles. The number of halogens is 3. The number of rotatable bonds is 10. The minimum Gasteiger partial charge on any atom is -0.542 e. The fourth-order valence-electron chi connectivity index (χ4n) is 4.37. The van der Waals surface area contributed by atoms with Crippen molar-refractivity contribution in [3.05, 3.63) is 77.1 Å². The van der Waals surface area contributed by atoms with Gasteiger partial charge >= 0.3 is 17.2 Å². The number of aryl methyl sites for hydroxylation is 2. The number of phenolic OH excluding ortho intramolecular Hbond substituents is 1. The number of alkyl halides is 3. The maximum absolute atomic E-state index is 13.7.